The number of ether oxygens (including phenoxy) is 1. The Morgan fingerprint density at radius 3 is 2.71 bits per heavy atom. The summed E-state index contributed by atoms with van der Waals surface area (Å²) in [5.74, 6) is 0.808. The number of benzene rings is 1. The van der Waals surface area contributed by atoms with E-state index in [1.807, 2.05) is 18.2 Å². The lowest BCUT2D eigenvalue weighted by Gasteiger charge is -2.23. The SMILES string of the molecule is CN(Cc1cccc(OCC(O)CN2CCCCCC2)c1)Cc1ccncn1. The quantitative estimate of drug-likeness (QED) is 0.717. The Morgan fingerprint density at radius 1 is 1.14 bits per heavy atom. The van der Waals surface area contributed by atoms with Crippen LogP contribution in [0.4, 0.5) is 0 Å². The number of aliphatic hydroxyl groups excluding tert-OH is 1. The van der Waals surface area contributed by atoms with Crippen LogP contribution in [-0.4, -0.2) is 64.3 Å². The van der Waals surface area contributed by atoms with Gasteiger partial charge in [0, 0.05) is 25.8 Å². The van der Waals surface area contributed by atoms with Gasteiger partial charge < -0.3 is 14.7 Å². The van der Waals surface area contributed by atoms with Gasteiger partial charge in [0.25, 0.3) is 0 Å². The molecule has 6 nitrogen and oxygen atoms in total. The fourth-order valence-electron chi connectivity index (χ4n) is 3.65. The normalized spacial score (nSPS) is 16.7. The summed E-state index contributed by atoms with van der Waals surface area (Å²) < 4.78 is 5.87. The first-order valence-corrected chi connectivity index (χ1v) is 10.2. The number of likely N-dealkylation sites (tertiary alicyclic amines) is 1. The monoisotopic (exact) mass is 384 g/mol. The number of β-amino-alcohol motifs (C(OH)–C–C–N with tert-alkyl or cyclic N) is 1. The second kappa shape index (κ2) is 11.1. The molecular weight excluding hydrogens is 352 g/mol. The van der Waals surface area contributed by atoms with Crippen molar-refractivity contribution in [1.82, 2.24) is 19.8 Å². The third-order valence-corrected chi connectivity index (χ3v) is 5.04. The number of nitrogens with zero attached hydrogens (tertiary/aromatic N) is 4. The Hall–Kier alpha value is -2.02. The smallest absolute Gasteiger partial charge is 0.119 e. The van der Waals surface area contributed by atoms with E-state index in [4.69, 9.17) is 4.74 Å². The van der Waals surface area contributed by atoms with Gasteiger partial charge in [0.15, 0.2) is 0 Å². The third kappa shape index (κ3) is 7.19. The van der Waals surface area contributed by atoms with Crippen molar-refractivity contribution in [2.75, 3.05) is 33.3 Å². The predicted octanol–water partition coefficient (Wildman–Crippen LogP) is 2.72. The Balaban J connectivity index is 1.44. The largest absolute Gasteiger partial charge is 0.491 e. The molecule has 0 aliphatic carbocycles. The van der Waals surface area contributed by atoms with E-state index in [1.54, 1.807) is 12.5 Å². The molecule has 0 saturated carbocycles. The lowest BCUT2D eigenvalue weighted by molar-refractivity contribution is 0.0693. The molecule has 1 aliphatic rings. The first-order valence-electron chi connectivity index (χ1n) is 10.2. The molecule has 1 N–H and O–H groups in total. The zero-order valence-electron chi connectivity index (χ0n) is 16.8. The Labute approximate surface area is 168 Å². The van der Waals surface area contributed by atoms with Crippen LogP contribution >= 0.6 is 0 Å². The Kier molecular flexibility index (Phi) is 8.21. The zero-order chi connectivity index (χ0) is 19.6. The molecule has 1 saturated heterocycles. The van der Waals surface area contributed by atoms with E-state index in [-0.39, 0.29) is 0 Å². The molecule has 2 heterocycles. The third-order valence-electron chi connectivity index (χ3n) is 5.04. The molecule has 0 radical (unpaired) electrons. The van der Waals surface area contributed by atoms with Gasteiger partial charge in [0.2, 0.25) is 0 Å². The number of aliphatic hydroxyl groups is 1. The molecule has 28 heavy (non-hydrogen) atoms. The molecule has 6 heteroatoms. The number of hydrogen-bond donors (Lipinski definition) is 1. The van der Waals surface area contributed by atoms with Gasteiger partial charge in [0.05, 0.1) is 5.69 Å². The number of rotatable bonds is 9. The van der Waals surface area contributed by atoms with E-state index in [1.165, 1.54) is 31.2 Å². The van der Waals surface area contributed by atoms with E-state index in [2.05, 4.69) is 38.9 Å². The topological polar surface area (TPSA) is 61.7 Å². The molecule has 1 atom stereocenters. The van der Waals surface area contributed by atoms with Gasteiger partial charge in [-0.05, 0) is 56.7 Å². The van der Waals surface area contributed by atoms with Crippen LogP contribution in [0, 0.1) is 0 Å². The molecule has 3 rings (SSSR count). The van der Waals surface area contributed by atoms with Crippen LogP contribution in [0.25, 0.3) is 0 Å². The molecule has 1 aromatic carbocycles. The molecule has 0 amide bonds. The Bertz CT molecular complexity index is 690. The average molecular weight is 385 g/mol. The molecule has 1 aliphatic heterocycles. The van der Waals surface area contributed by atoms with Crippen molar-refractivity contribution in [3.63, 3.8) is 0 Å². The summed E-state index contributed by atoms with van der Waals surface area (Å²) in [5, 5.41) is 10.3. The maximum atomic E-state index is 10.3. The predicted molar refractivity (Wildman–Crippen MR) is 110 cm³/mol. The van der Waals surface area contributed by atoms with Crippen molar-refractivity contribution >= 4 is 0 Å². The molecule has 152 valence electrons. The van der Waals surface area contributed by atoms with Crippen LogP contribution in [0.15, 0.2) is 42.9 Å². The van der Waals surface area contributed by atoms with Gasteiger partial charge in [-0.25, -0.2) is 9.97 Å². The van der Waals surface area contributed by atoms with E-state index >= 15 is 0 Å². The summed E-state index contributed by atoms with van der Waals surface area (Å²) >= 11 is 0. The van der Waals surface area contributed by atoms with Crippen LogP contribution in [0.2, 0.25) is 0 Å². The van der Waals surface area contributed by atoms with E-state index < -0.39 is 6.10 Å². The summed E-state index contributed by atoms with van der Waals surface area (Å²) in [6.07, 6.45) is 7.97. The summed E-state index contributed by atoms with van der Waals surface area (Å²) in [4.78, 5) is 12.8. The maximum Gasteiger partial charge on any atom is 0.119 e. The van der Waals surface area contributed by atoms with Crippen molar-refractivity contribution in [2.45, 2.75) is 44.9 Å². The Morgan fingerprint density at radius 2 is 1.96 bits per heavy atom. The average Bonchev–Trinajstić information content (AvgIpc) is 2.96. The highest BCUT2D eigenvalue weighted by Crippen LogP contribution is 2.16. The summed E-state index contributed by atoms with van der Waals surface area (Å²) in [6, 6.07) is 10.0. The van der Waals surface area contributed by atoms with Crippen LogP contribution < -0.4 is 4.74 Å². The van der Waals surface area contributed by atoms with Crippen molar-refractivity contribution < 1.29 is 9.84 Å². The number of hydrogen-bond acceptors (Lipinski definition) is 6. The standard InChI is InChI=1S/C22H32N4O2/c1-25(15-20-9-10-23-18-24-20)14-19-7-6-8-22(13-19)28-17-21(27)16-26-11-4-2-3-5-12-26/h6-10,13,18,21,27H,2-5,11-12,14-17H2,1H3. The minimum atomic E-state index is -0.456. The van der Waals surface area contributed by atoms with Gasteiger partial charge in [-0.1, -0.05) is 25.0 Å². The summed E-state index contributed by atoms with van der Waals surface area (Å²) in [6.45, 7) is 4.77. The molecule has 1 aromatic heterocycles. The first kappa shape index (κ1) is 20.7. The minimum Gasteiger partial charge on any atom is -0.491 e. The van der Waals surface area contributed by atoms with Crippen molar-refractivity contribution in [2.24, 2.45) is 0 Å². The zero-order valence-corrected chi connectivity index (χ0v) is 16.8. The molecule has 0 bridgehead atoms. The van der Waals surface area contributed by atoms with Crippen LogP contribution in [0.3, 0.4) is 0 Å². The van der Waals surface area contributed by atoms with Gasteiger partial charge in [-0.3, -0.25) is 4.90 Å². The van der Waals surface area contributed by atoms with E-state index in [9.17, 15) is 5.11 Å². The van der Waals surface area contributed by atoms with Crippen LogP contribution in [0.5, 0.6) is 5.75 Å². The minimum absolute atomic E-state index is 0.330. The molecule has 1 unspecified atom stereocenters. The molecule has 0 spiro atoms. The van der Waals surface area contributed by atoms with Gasteiger partial charge >= 0.3 is 0 Å². The molecule has 2 aromatic rings. The summed E-state index contributed by atoms with van der Waals surface area (Å²) in [7, 11) is 2.07. The first-order chi connectivity index (χ1) is 13.7. The number of aromatic nitrogens is 2. The molecular formula is C22H32N4O2. The van der Waals surface area contributed by atoms with Gasteiger partial charge in [0.1, 0.15) is 24.8 Å². The second-order valence-electron chi connectivity index (χ2n) is 7.70. The van der Waals surface area contributed by atoms with Crippen LogP contribution in [-0.2, 0) is 13.1 Å². The fraction of sp³-hybridized carbons (Fsp3) is 0.545. The highest BCUT2D eigenvalue weighted by atomic mass is 16.5. The van der Waals surface area contributed by atoms with E-state index in [0.29, 0.717) is 13.2 Å². The molecule has 1 fully saturated rings. The highest BCUT2D eigenvalue weighted by molar-refractivity contribution is 5.28. The fourth-order valence-corrected chi connectivity index (χ4v) is 3.65. The van der Waals surface area contributed by atoms with Crippen molar-refractivity contribution in [3.8, 4) is 5.75 Å². The van der Waals surface area contributed by atoms with Crippen LogP contribution in [0.1, 0.15) is 36.9 Å². The van der Waals surface area contributed by atoms with E-state index in [0.717, 1.165) is 37.6 Å². The maximum absolute atomic E-state index is 10.3. The lowest BCUT2D eigenvalue weighted by Crippen LogP contribution is -2.36. The summed E-state index contributed by atoms with van der Waals surface area (Å²) in [5.41, 5.74) is 2.18. The second-order valence-corrected chi connectivity index (χ2v) is 7.70. The van der Waals surface area contributed by atoms with Gasteiger partial charge in [-0.15, -0.1) is 0 Å². The lowest BCUT2D eigenvalue weighted by atomic mass is 10.2. The van der Waals surface area contributed by atoms with Gasteiger partial charge in [-0.2, -0.15) is 0 Å². The van der Waals surface area contributed by atoms with Crippen molar-refractivity contribution in [3.05, 3.63) is 54.1 Å². The van der Waals surface area contributed by atoms with Crippen molar-refractivity contribution in [1.29, 1.82) is 0 Å². The highest BCUT2D eigenvalue weighted by Gasteiger charge is 2.14.